The van der Waals surface area contributed by atoms with Crippen LogP contribution in [0.1, 0.15) is 0 Å². The fourth-order valence-corrected chi connectivity index (χ4v) is 6.86. The van der Waals surface area contributed by atoms with Crippen molar-refractivity contribution in [3.05, 3.63) is 152 Å². The smallest absolute Gasteiger partial charge is 0.0794 e. The fourth-order valence-electron chi connectivity index (χ4n) is 6.86. The Morgan fingerprint density at radius 3 is 1.50 bits per heavy atom. The molecular formula is C41H25N. The molecule has 0 fully saturated rings. The van der Waals surface area contributed by atoms with Gasteiger partial charge >= 0.3 is 0 Å². The minimum absolute atomic E-state index is 1.05. The molecule has 0 aliphatic rings. The minimum atomic E-state index is 1.05. The predicted molar refractivity (Wildman–Crippen MR) is 180 cm³/mol. The number of hydrogen-bond acceptors (Lipinski definition) is 1. The average molecular weight is 532 g/mol. The zero-order valence-corrected chi connectivity index (χ0v) is 22.9. The lowest BCUT2D eigenvalue weighted by Crippen LogP contribution is -1.92. The van der Waals surface area contributed by atoms with Gasteiger partial charge in [0.2, 0.25) is 0 Å². The lowest BCUT2D eigenvalue weighted by atomic mass is 9.89. The number of nitrogens with zero attached hydrogens (tertiary/aromatic N) is 1. The highest BCUT2D eigenvalue weighted by Crippen LogP contribution is 2.42. The number of pyridine rings is 1. The van der Waals surface area contributed by atoms with Gasteiger partial charge in [0.1, 0.15) is 0 Å². The summed E-state index contributed by atoms with van der Waals surface area (Å²) < 4.78 is 0. The second-order valence-electron chi connectivity index (χ2n) is 11.1. The van der Waals surface area contributed by atoms with E-state index in [0.29, 0.717) is 0 Å². The summed E-state index contributed by atoms with van der Waals surface area (Å²) in [5.74, 6) is 0. The first kappa shape index (κ1) is 23.2. The minimum Gasteiger partial charge on any atom is -0.246 e. The van der Waals surface area contributed by atoms with E-state index in [1.165, 1.54) is 76.1 Å². The molecule has 0 amide bonds. The van der Waals surface area contributed by atoms with E-state index < -0.39 is 0 Å². The zero-order chi connectivity index (χ0) is 27.6. The summed E-state index contributed by atoms with van der Waals surface area (Å²) in [4.78, 5) is 5.38. The van der Waals surface area contributed by atoms with Gasteiger partial charge in [0, 0.05) is 27.1 Å². The van der Waals surface area contributed by atoms with Crippen molar-refractivity contribution in [1.82, 2.24) is 4.98 Å². The van der Waals surface area contributed by atoms with E-state index in [1.807, 2.05) is 0 Å². The van der Waals surface area contributed by atoms with Crippen molar-refractivity contribution in [3.63, 3.8) is 0 Å². The Balaban J connectivity index is 1.39. The maximum absolute atomic E-state index is 5.38. The number of aromatic nitrogens is 1. The maximum Gasteiger partial charge on any atom is 0.0794 e. The van der Waals surface area contributed by atoms with Gasteiger partial charge in [-0.15, -0.1) is 0 Å². The second kappa shape index (κ2) is 8.99. The van der Waals surface area contributed by atoms with E-state index in [1.54, 1.807) is 0 Å². The van der Waals surface area contributed by atoms with Crippen LogP contribution in [0.25, 0.3) is 87.1 Å². The fraction of sp³-hybridized carbons (Fsp3) is 0. The summed E-state index contributed by atoms with van der Waals surface area (Å²) in [7, 11) is 0. The largest absolute Gasteiger partial charge is 0.246 e. The molecule has 0 atom stereocenters. The Kier molecular flexibility index (Phi) is 4.97. The second-order valence-corrected chi connectivity index (χ2v) is 11.1. The molecule has 9 aromatic rings. The van der Waals surface area contributed by atoms with Gasteiger partial charge in [0.05, 0.1) is 11.0 Å². The SMILES string of the molecule is c1cc(-c2cc3ccccc3c3ccccc23)cc(-c2c3ccc4ccccc4c3nc3c2ccc2ccccc23)c1. The normalized spacial score (nSPS) is 11.8. The van der Waals surface area contributed by atoms with E-state index >= 15 is 0 Å². The van der Waals surface area contributed by atoms with Crippen molar-refractivity contribution >= 4 is 64.9 Å². The molecule has 0 N–H and O–H groups in total. The van der Waals surface area contributed by atoms with E-state index in [2.05, 4.69) is 152 Å². The topological polar surface area (TPSA) is 12.9 Å². The van der Waals surface area contributed by atoms with Gasteiger partial charge in [-0.2, -0.15) is 0 Å². The molecule has 0 saturated carbocycles. The molecule has 42 heavy (non-hydrogen) atoms. The quantitative estimate of drug-likeness (QED) is 0.160. The molecule has 0 aliphatic carbocycles. The summed E-state index contributed by atoms with van der Waals surface area (Å²) in [5, 5.41) is 12.2. The molecule has 1 aromatic heterocycles. The number of fused-ring (bicyclic) bond motifs is 9. The Bertz CT molecular complexity index is 2430. The van der Waals surface area contributed by atoms with Crippen molar-refractivity contribution in [2.75, 3.05) is 0 Å². The van der Waals surface area contributed by atoms with Crippen LogP contribution in [0.2, 0.25) is 0 Å². The third-order valence-electron chi connectivity index (χ3n) is 8.79. The van der Waals surface area contributed by atoms with Crippen molar-refractivity contribution in [2.24, 2.45) is 0 Å². The Labute approximate surface area is 243 Å². The highest BCUT2D eigenvalue weighted by molar-refractivity contribution is 6.21. The Morgan fingerprint density at radius 1 is 0.310 bits per heavy atom. The molecule has 9 rings (SSSR count). The highest BCUT2D eigenvalue weighted by Gasteiger charge is 2.16. The Hall–Kier alpha value is -5.53. The number of benzene rings is 8. The van der Waals surface area contributed by atoms with Crippen molar-refractivity contribution < 1.29 is 0 Å². The van der Waals surface area contributed by atoms with Crippen LogP contribution in [0.15, 0.2) is 152 Å². The van der Waals surface area contributed by atoms with Crippen LogP contribution in [-0.4, -0.2) is 4.98 Å². The average Bonchev–Trinajstić information content (AvgIpc) is 3.07. The molecule has 0 unspecified atom stereocenters. The van der Waals surface area contributed by atoms with Crippen molar-refractivity contribution in [1.29, 1.82) is 0 Å². The summed E-state index contributed by atoms with van der Waals surface area (Å²) in [6.07, 6.45) is 0. The first-order valence-electron chi connectivity index (χ1n) is 14.5. The van der Waals surface area contributed by atoms with Gasteiger partial charge < -0.3 is 0 Å². The summed E-state index contributed by atoms with van der Waals surface area (Å²) in [6, 6.07) is 55.0. The summed E-state index contributed by atoms with van der Waals surface area (Å²) in [6.45, 7) is 0. The lowest BCUT2D eigenvalue weighted by Gasteiger charge is -2.16. The van der Waals surface area contributed by atoms with Gasteiger partial charge in [-0.05, 0) is 61.1 Å². The summed E-state index contributed by atoms with van der Waals surface area (Å²) >= 11 is 0. The summed E-state index contributed by atoms with van der Waals surface area (Å²) in [5.41, 5.74) is 7.01. The molecule has 0 saturated heterocycles. The maximum atomic E-state index is 5.38. The highest BCUT2D eigenvalue weighted by atomic mass is 14.7. The molecule has 1 nitrogen and oxygen atoms in total. The van der Waals surface area contributed by atoms with Crippen LogP contribution >= 0.6 is 0 Å². The lowest BCUT2D eigenvalue weighted by molar-refractivity contribution is 1.53. The van der Waals surface area contributed by atoms with Gasteiger partial charge in [0.25, 0.3) is 0 Å². The monoisotopic (exact) mass is 531 g/mol. The zero-order valence-electron chi connectivity index (χ0n) is 22.9. The van der Waals surface area contributed by atoms with Crippen LogP contribution in [0.3, 0.4) is 0 Å². The molecular weight excluding hydrogens is 506 g/mol. The van der Waals surface area contributed by atoms with E-state index in [0.717, 1.165) is 11.0 Å². The molecule has 194 valence electrons. The van der Waals surface area contributed by atoms with E-state index in [4.69, 9.17) is 4.98 Å². The number of hydrogen-bond donors (Lipinski definition) is 0. The molecule has 0 spiro atoms. The molecule has 1 heterocycles. The number of rotatable bonds is 2. The Morgan fingerprint density at radius 2 is 0.833 bits per heavy atom. The first-order chi connectivity index (χ1) is 20.8. The van der Waals surface area contributed by atoms with E-state index in [-0.39, 0.29) is 0 Å². The first-order valence-corrected chi connectivity index (χ1v) is 14.5. The van der Waals surface area contributed by atoms with Crippen LogP contribution in [0.5, 0.6) is 0 Å². The van der Waals surface area contributed by atoms with Crippen molar-refractivity contribution in [2.45, 2.75) is 0 Å². The van der Waals surface area contributed by atoms with Gasteiger partial charge in [-0.3, -0.25) is 0 Å². The van der Waals surface area contributed by atoms with Gasteiger partial charge in [0.15, 0.2) is 0 Å². The molecule has 8 aromatic carbocycles. The van der Waals surface area contributed by atoms with Crippen LogP contribution in [0.4, 0.5) is 0 Å². The van der Waals surface area contributed by atoms with Crippen LogP contribution in [0, 0.1) is 0 Å². The van der Waals surface area contributed by atoms with Gasteiger partial charge in [-0.25, -0.2) is 4.98 Å². The predicted octanol–water partition coefficient (Wildman–Crippen LogP) is 11.3. The van der Waals surface area contributed by atoms with Crippen LogP contribution < -0.4 is 0 Å². The third-order valence-corrected chi connectivity index (χ3v) is 8.79. The molecule has 1 heteroatoms. The third kappa shape index (κ3) is 3.41. The standard InChI is InChI=1S/C41H25N/c1-5-16-32-26(10-1)20-22-36-39(37-23-21-27-11-2-6-17-33(27)41(37)42-40(32)36)30-14-9-13-28(24-30)38-25-29-12-3-4-15-31(29)34-18-7-8-19-35(34)38/h1-25H. The molecule has 0 radical (unpaired) electrons. The molecule has 0 bridgehead atoms. The van der Waals surface area contributed by atoms with Crippen molar-refractivity contribution in [3.8, 4) is 22.3 Å². The molecule has 0 aliphatic heterocycles. The van der Waals surface area contributed by atoms with Gasteiger partial charge in [-0.1, -0.05) is 140 Å². The van der Waals surface area contributed by atoms with E-state index in [9.17, 15) is 0 Å². The van der Waals surface area contributed by atoms with Crippen LogP contribution in [-0.2, 0) is 0 Å².